The van der Waals surface area contributed by atoms with E-state index in [9.17, 15) is 9.50 Å². The minimum absolute atomic E-state index is 0.273. The summed E-state index contributed by atoms with van der Waals surface area (Å²) in [5, 5.41) is 9.39. The van der Waals surface area contributed by atoms with Gasteiger partial charge in [0.25, 0.3) is 0 Å². The molecule has 0 bridgehead atoms. The van der Waals surface area contributed by atoms with Gasteiger partial charge in [-0.2, -0.15) is 0 Å². The number of ether oxygens (including phenoxy) is 1. The number of hydrogen-bond donors (Lipinski definition) is 1. The molecule has 0 saturated carbocycles. The number of rotatable bonds is 2. The Hall–Kier alpha value is -1.13. The summed E-state index contributed by atoms with van der Waals surface area (Å²) in [6, 6.07) is 4.92. The topological polar surface area (TPSA) is 32.7 Å². The molecule has 0 radical (unpaired) electrons. The van der Waals surface area contributed by atoms with Gasteiger partial charge in [0.05, 0.1) is 18.4 Å². The third-order valence-electron chi connectivity index (χ3n) is 3.02. The average molecular weight is 239 g/mol. The molecule has 4 heteroatoms. The van der Waals surface area contributed by atoms with Crippen molar-refractivity contribution in [3.05, 3.63) is 29.6 Å². The highest BCUT2D eigenvalue weighted by Crippen LogP contribution is 2.24. The van der Waals surface area contributed by atoms with Gasteiger partial charge < -0.3 is 14.7 Å². The first-order chi connectivity index (χ1) is 8.18. The third-order valence-corrected chi connectivity index (χ3v) is 3.02. The van der Waals surface area contributed by atoms with Gasteiger partial charge in [0.1, 0.15) is 5.82 Å². The molecule has 0 spiro atoms. The molecule has 0 amide bonds. The number of aliphatic hydroxyl groups excluding tert-OH is 1. The molecule has 2 rings (SSSR count). The number of halogens is 1. The lowest BCUT2D eigenvalue weighted by Crippen LogP contribution is -2.26. The van der Waals surface area contributed by atoms with Gasteiger partial charge in [0.15, 0.2) is 0 Å². The lowest BCUT2D eigenvalue weighted by atomic mass is 10.1. The fraction of sp³-hybridized carbons (Fsp3) is 0.538. The van der Waals surface area contributed by atoms with E-state index in [0.29, 0.717) is 24.4 Å². The van der Waals surface area contributed by atoms with E-state index in [-0.39, 0.29) is 5.82 Å². The first-order valence-corrected chi connectivity index (χ1v) is 5.98. The predicted molar refractivity (Wildman–Crippen MR) is 64.7 cm³/mol. The van der Waals surface area contributed by atoms with Crippen LogP contribution >= 0.6 is 0 Å². The molecule has 1 fully saturated rings. The second-order valence-electron chi connectivity index (χ2n) is 4.34. The Labute approximate surface area is 101 Å². The quantitative estimate of drug-likeness (QED) is 0.858. The van der Waals surface area contributed by atoms with Crippen LogP contribution in [0.5, 0.6) is 0 Å². The minimum Gasteiger partial charge on any atom is -0.389 e. The lowest BCUT2D eigenvalue weighted by Gasteiger charge is -2.23. The van der Waals surface area contributed by atoms with Crippen molar-refractivity contribution in [1.29, 1.82) is 0 Å². The molecule has 94 valence electrons. The first kappa shape index (κ1) is 12.3. The molecule has 3 nitrogen and oxygen atoms in total. The minimum atomic E-state index is -0.633. The Balaban J connectivity index is 2.19. The molecule has 0 aromatic heterocycles. The Morgan fingerprint density at radius 1 is 1.35 bits per heavy atom. The van der Waals surface area contributed by atoms with E-state index in [2.05, 4.69) is 0 Å². The molecular formula is C13H18FNO2. The molecule has 1 aromatic carbocycles. The maximum atomic E-state index is 13.9. The van der Waals surface area contributed by atoms with Crippen LogP contribution in [-0.2, 0) is 4.74 Å². The fourth-order valence-corrected chi connectivity index (χ4v) is 2.03. The summed E-state index contributed by atoms with van der Waals surface area (Å²) >= 11 is 0. The second-order valence-corrected chi connectivity index (χ2v) is 4.34. The van der Waals surface area contributed by atoms with Crippen LogP contribution < -0.4 is 4.90 Å². The van der Waals surface area contributed by atoms with Crippen LogP contribution in [0.15, 0.2) is 18.2 Å². The highest BCUT2D eigenvalue weighted by Gasteiger charge is 2.15. The van der Waals surface area contributed by atoms with E-state index >= 15 is 0 Å². The van der Waals surface area contributed by atoms with Crippen molar-refractivity contribution in [2.24, 2.45) is 0 Å². The smallest absolute Gasteiger partial charge is 0.146 e. The summed E-state index contributed by atoms with van der Waals surface area (Å²) in [4.78, 5) is 1.99. The van der Waals surface area contributed by atoms with Crippen LogP contribution in [0.4, 0.5) is 10.1 Å². The number of hydrogen-bond acceptors (Lipinski definition) is 3. The second kappa shape index (κ2) is 5.47. The first-order valence-electron chi connectivity index (χ1n) is 5.98. The Morgan fingerprint density at radius 2 is 2.18 bits per heavy atom. The number of benzene rings is 1. The molecule has 1 atom stereocenters. The van der Waals surface area contributed by atoms with E-state index < -0.39 is 6.10 Å². The van der Waals surface area contributed by atoms with Gasteiger partial charge >= 0.3 is 0 Å². The van der Waals surface area contributed by atoms with E-state index in [1.807, 2.05) is 4.90 Å². The highest BCUT2D eigenvalue weighted by molar-refractivity contribution is 5.49. The van der Waals surface area contributed by atoms with Crippen LogP contribution in [0.2, 0.25) is 0 Å². The lowest BCUT2D eigenvalue weighted by molar-refractivity contribution is 0.152. The monoisotopic (exact) mass is 239 g/mol. The molecule has 1 heterocycles. The van der Waals surface area contributed by atoms with Crippen molar-refractivity contribution in [1.82, 2.24) is 0 Å². The molecule has 0 unspecified atom stereocenters. The van der Waals surface area contributed by atoms with E-state index in [1.165, 1.54) is 6.07 Å². The molecule has 1 aliphatic rings. The Kier molecular flexibility index (Phi) is 3.97. The average Bonchev–Trinajstić information content (AvgIpc) is 2.57. The van der Waals surface area contributed by atoms with Crippen molar-refractivity contribution in [3.8, 4) is 0 Å². The zero-order chi connectivity index (χ0) is 12.3. The Morgan fingerprint density at radius 3 is 2.88 bits per heavy atom. The largest absolute Gasteiger partial charge is 0.389 e. The van der Waals surface area contributed by atoms with Crippen molar-refractivity contribution in [2.75, 3.05) is 31.2 Å². The summed E-state index contributed by atoms with van der Waals surface area (Å²) in [7, 11) is 0. The highest BCUT2D eigenvalue weighted by atomic mass is 19.1. The molecular weight excluding hydrogens is 221 g/mol. The zero-order valence-electron chi connectivity index (χ0n) is 10.0. The van der Waals surface area contributed by atoms with E-state index in [0.717, 1.165) is 19.6 Å². The predicted octanol–water partition coefficient (Wildman–Crippen LogP) is 2.11. The molecule has 1 aromatic rings. The van der Waals surface area contributed by atoms with E-state index in [1.54, 1.807) is 19.1 Å². The maximum Gasteiger partial charge on any atom is 0.146 e. The van der Waals surface area contributed by atoms with Gasteiger partial charge in [0.2, 0.25) is 0 Å². The normalized spacial score (nSPS) is 18.9. The van der Waals surface area contributed by atoms with Gasteiger partial charge in [-0.1, -0.05) is 6.07 Å². The van der Waals surface area contributed by atoms with Crippen LogP contribution in [0.3, 0.4) is 0 Å². The van der Waals surface area contributed by atoms with Gasteiger partial charge in [-0.3, -0.25) is 0 Å². The van der Waals surface area contributed by atoms with Crippen LogP contribution in [0.25, 0.3) is 0 Å². The summed E-state index contributed by atoms with van der Waals surface area (Å²) in [6.45, 7) is 4.53. The number of aliphatic hydroxyl groups is 1. The fourth-order valence-electron chi connectivity index (χ4n) is 2.03. The van der Waals surface area contributed by atoms with E-state index in [4.69, 9.17) is 4.74 Å². The number of nitrogens with zero attached hydrogens (tertiary/aromatic N) is 1. The summed E-state index contributed by atoms with van der Waals surface area (Å²) < 4.78 is 19.3. The molecule has 17 heavy (non-hydrogen) atoms. The third kappa shape index (κ3) is 2.96. The number of anilines is 1. The van der Waals surface area contributed by atoms with Gasteiger partial charge in [0, 0.05) is 19.7 Å². The van der Waals surface area contributed by atoms with Gasteiger partial charge in [-0.15, -0.1) is 0 Å². The summed E-state index contributed by atoms with van der Waals surface area (Å²) in [5.41, 5.74) is 1.21. The SMILES string of the molecule is C[C@H](O)c1ccc(N2CCCOCC2)c(F)c1. The van der Waals surface area contributed by atoms with Crippen LogP contribution in [0.1, 0.15) is 25.0 Å². The van der Waals surface area contributed by atoms with Crippen LogP contribution in [-0.4, -0.2) is 31.4 Å². The zero-order valence-corrected chi connectivity index (χ0v) is 10.0. The Bertz CT molecular complexity index is 374. The van der Waals surface area contributed by atoms with Crippen molar-refractivity contribution in [3.63, 3.8) is 0 Å². The van der Waals surface area contributed by atoms with Crippen molar-refractivity contribution < 1.29 is 14.2 Å². The molecule has 0 aliphatic carbocycles. The van der Waals surface area contributed by atoms with Crippen LogP contribution in [0, 0.1) is 5.82 Å². The van der Waals surface area contributed by atoms with Gasteiger partial charge in [-0.05, 0) is 31.0 Å². The summed E-state index contributed by atoms with van der Waals surface area (Å²) in [5.74, 6) is -0.273. The maximum absolute atomic E-state index is 13.9. The molecule has 1 aliphatic heterocycles. The molecule has 1 saturated heterocycles. The summed E-state index contributed by atoms with van der Waals surface area (Å²) in [6.07, 6.45) is 0.281. The van der Waals surface area contributed by atoms with Crippen molar-refractivity contribution in [2.45, 2.75) is 19.4 Å². The van der Waals surface area contributed by atoms with Crippen molar-refractivity contribution >= 4 is 5.69 Å². The standard InChI is InChI=1S/C13H18FNO2/c1-10(16)11-3-4-13(12(14)9-11)15-5-2-7-17-8-6-15/h3-4,9-10,16H,2,5-8H2,1H3/t10-/m0/s1. The molecule has 1 N–H and O–H groups in total. The van der Waals surface area contributed by atoms with Gasteiger partial charge in [-0.25, -0.2) is 4.39 Å².